The van der Waals surface area contributed by atoms with Crippen LogP contribution in [0.25, 0.3) is 10.1 Å². The minimum Gasteiger partial charge on any atom is -0.341 e. The predicted molar refractivity (Wildman–Crippen MR) is 86.4 cm³/mol. The summed E-state index contributed by atoms with van der Waals surface area (Å²) in [6.07, 6.45) is 1.42. The summed E-state index contributed by atoms with van der Waals surface area (Å²) in [5.74, 6) is 0.919. The van der Waals surface area contributed by atoms with E-state index in [1.807, 2.05) is 11.3 Å². The molecule has 1 saturated heterocycles. The highest BCUT2D eigenvalue weighted by molar-refractivity contribution is 7.19. The van der Waals surface area contributed by atoms with Crippen molar-refractivity contribution in [3.05, 3.63) is 23.1 Å². The molecule has 2 atom stereocenters. The van der Waals surface area contributed by atoms with Gasteiger partial charge in [-0.05, 0) is 49.8 Å². The summed E-state index contributed by atoms with van der Waals surface area (Å²) >= 11 is 2.05. The Balaban J connectivity index is 1.54. The number of fused-ring (bicyclic) bond motifs is 3. The molecule has 1 aliphatic carbocycles. The third-order valence-corrected chi connectivity index (χ3v) is 7.00. The largest absolute Gasteiger partial charge is 0.341 e. The minimum absolute atomic E-state index is 0.513. The van der Waals surface area contributed by atoms with Crippen LogP contribution in [0, 0.1) is 5.92 Å². The molecule has 5 rings (SSSR count). The number of anilines is 2. The Morgan fingerprint density at radius 3 is 2.80 bits per heavy atom. The van der Waals surface area contributed by atoms with E-state index in [0.717, 1.165) is 5.92 Å². The summed E-state index contributed by atoms with van der Waals surface area (Å²) in [6.45, 7) is 7.25. The Morgan fingerprint density at radius 1 is 1.25 bits per heavy atom. The van der Waals surface area contributed by atoms with Crippen molar-refractivity contribution in [3.8, 4) is 0 Å². The van der Waals surface area contributed by atoms with Gasteiger partial charge in [0.25, 0.3) is 0 Å². The van der Waals surface area contributed by atoms with Gasteiger partial charge in [0.1, 0.15) is 0 Å². The molecular weight excluding hydrogens is 264 g/mol. The van der Waals surface area contributed by atoms with Gasteiger partial charge in [0.2, 0.25) is 0 Å². The first kappa shape index (κ1) is 11.6. The van der Waals surface area contributed by atoms with E-state index in [0.29, 0.717) is 11.5 Å². The molecule has 1 saturated carbocycles. The summed E-state index contributed by atoms with van der Waals surface area (Å²) in [6, 6.07) is 7.92. The third kappa shape index (κ3) is 1.33. The molecule has 0 spiro atoms. The monoisotopic (exact) mass is 284 g/mol. The smallest absolute Gasteiger partial charge is 0.0664 e. The minimum atomic E-state index is 0.513. The van der Waals surface area contributed by atoms with Gasteiger partial charge in [-0.15, -0.1) is 11.3 Å². The van der Waals surface area contributed by atoms with Gasteiger partial charge in [-0.25, -0.2) is 0 Å². The van der Waals surface area contributed by atoms with E-state index in [2.05, 4.69) is 48.9 Å². The molecule has 2 aromatic rings. The molecule has 0 N–H and O–H groups in total. The summed E-state index contributed by atoms with van der Waals surface area (Å²) in [7, 11) is 2.15. The van der Waals surface area contributed by atoms with Crippen LogP contribution < -0.4 is 4.90 Å². The van der Waals surface area contributed by atoms with Crippen molar-refractivity contribution in [2.45, 2.75) is 31.7 Å². The molecule has 3 aliphatic rings. The molecular formula is C17H20N2S. The average Bonchev–Trinajstić information content (AvgIpc) is 3.14. The van der Waals surface area contributed by atoms with E-state index >= 15 is 0 Å². The predicted octanol–water partition coefficient (Wildman–Crippen LogP) is 3.96. The highest BCUT2D eigenvalue weighted by Crippen LogP contribution is 2.62. The van der Waals surface area contributed by atoms with Crippen molar-refractivity contribution >= 4 is 32.8 Å². The molecule has 2 fully saturated rings. The second kappa shape index (κ2) is 3.40. The Kier molecular flexibility index (Phi) is 1.97. The van der Waals surface area contributed by atoms with Gasteiger partial charge in [-0.2, -0.15) is 0 Å². The van der Waals surface area contributed by atoms with Crippen LogP contribution in [-0.2, 0) is 5.41 Å². The van der Waals surface area contributed by atoms with Crippen molar-refractivity contribution in [2.75, 3.05) is 25.0 Å². The van der Waals surface area contributed by atoms with Crippen molar-refractivity contribution in [1.82, 2.24) is 4.90 Å². The zero-order valence-corrected chi connectivity index (χ0v) is 13.1. The molecule has 0 amide bonds. The average molecular weight is 284 g/mol. The lowest BCUT2D eigenvalue weighted by Gasteiger charge is -2.24. The number of piperidine rings is 1. The molecule has 2 nitrogen and oxygen atoms in total. The Labute approximate surface area is 124 Å². The van der Waals surface area contributed by atoms with Gasteiger partial charge >= 0.3 is 0 Å². The Bertz CT molecular complexity index is 691. The fraction of sp³-hybridized carbons (Fsp3) is 0.529. The highest BCUT2D eigenvalue weighted by atomic mass is 32.1. The first-order chi connectivity index (χ1) is 9.58. The van der Waals surface area contributed by atoms with Gasteiger partial charge in [-0.1, -0.05) is 0 Å². The van der Waals surface area contributed by atoms with Gasteiger partial charge in [0.15, 0.2) is 0 Å². The van der Waals surface area contributed by atoms with Crippen LogP contribution >= 0.6 is 11.3 Å². The number of thiophene rings is 1. The van der Waals surface area contributed by atoms with E-state index < -0.39 is 0 Å². The fourth-order valence-corrected chi connectivity index (χ4v) is 5.43. The summed E-state index contributed by atoms with van der Waals surface area (Å²) in [5, 5.41) is 1.45. The van der Waals surface area contributed by atoms with Gasteiger partial charge < -0.3 is 4.90 Å². The van der Waals surface area contributed by atoms with Gasteiger partial charge in [-0.3, -0.25) is 4.90 Å². The van der Waals surface area contributed by atoms with Crippen LogP contribution in [0.2, 0.25) is 0 Å². The summed E-state index contributed by atoms with van der Waals surface area (Å²) in [5.41, 5.74) is 3.35. The molecule has 3 heterocycles. The molecule has 1 aromatic heterocycles. The highest BCUT2D eigenvalue weighted by Gasteiger charge is 2.61. The number of hydrogen-bond donors (Lipinski definition) is 0. The maximum Gasteiger partial charge on any atom is 0.0664 e. The van der Waals surface area contributed by atoms with Crippen LogP contribution in [0.15, 0.2) is 18.2 Å². The molecule has 3 heteroatoms. The van der Waals surface area contributed by atoms with Crippen LogP contribution in [0.3, 0.4) is 0 Å². The lowest BCUT2D eigenvalue weighted by atomic mass is 10.0. The van der Waals surface area contributed by atoms with Crippen LogP contribution in [0.5, 0.6) is 0 Å². The maximum absolute atomic E-state index is 2.66. The first-order valence-corrected chi connectivity index (χ1v) is 8.46. The Hall–Kier alpha value is -1.06. The van der Waals surface area contributed by atoms with Crippen molar-refractivity contribution < 1.29 is 0 Å². The molecule has 20 heavy (non-hydrogen) atoms. The van der Waals surface area contributed by atoms with E-state index in [-0.39, 0.29) is 0 Å². The second-order valence-electron chi connectivity index (χ2n) is 7.13. The molecule has 104 valence electrons. The molecule has 1 aromatic carbocycles. The fourth-order valence-electron chi connectivity index (χ4n) is 4.08. The number of nitrogens with zero attached hydrogens (tertiary/aromatic N) is 2. The number of benzene rings is 1. The zero-order chi connectivity index (χ0) is 13.6. The van der Waals surface area contributed by atoms with Crippen LogP contribution in [-0.4, -0.2) is 31.1 Å². The zero-order valence-electron chi connectivity index (χ0n) is 12.3. The maximum atomic E-state index is 2.66. The number of rotatable bonds is 2. The molecule has 2 aliphatic heterocycles. The van der Waals surface area contributed by atoms with Crippen molar-refractivity contribution in [3.63, 3.8) is 0 Å². The summed E-state index contributed by atoms with van der Waals surface area (Å²) in [4.78, 5) is 6.59. The van der Waals surface area contributed by atoms with E-state index in [1.54, 1.807) is 4.88 Å². The van der Waals surface area contributed by atoms with Gasteiger partial charge in [0.05, 0.1) is 11.4 Å². The van der Waals surface area contributed by atoms with E-state index in [1.165, 1.54) is 41.0 Å². The second-order valence-corrected chi connectivity index (χ2v) is 8.21. The molecule has 0 bridgehead atoms. The quantitative estimate of drug-likeness (QED) is 0.770. The van der Waals surface area contributed by atoms with Crippen molar-refractivity contribution in [1.29, 1.82) is 0 Å². The van der Waals surface area contributed by atoms with Crippen LogP contribution in [0.4, 0.5) is 11.4 Å². The summed E-state index contributed by atoms with van der Waals surface area (Å²) < 4.78 is 1.48. The Morgan fingerprint density at radius 2 is 2.05 bits per heavy atom. The first-order valence-electron chi connectivity index (χ1n) is 7.64. The normalized spacial score (nSPS) is 31.0. The SMILES string of the molecule is CC(C)N1CC2CC2(c2cc3cc4c(cc3s2)N4C)C1. The van der Waals surface area contributed by atoms with Gasteiger partial charge in [0, 0.05) is 41.2 Å². The lowest BCUT2D eigenvalue weighted by Crippen LogP contribution is -2.32. The number of hydrogen-bond acceptors (Lipinski definition) is 3. The van der Waals surface area contributed by atoms with E-state index in [9.17, 15) is 0 Å². The topological polar surface area (TPSA) is 6.25 Å². The molecule has 2 unspecified atom stereocenters. The number of likely N-dealkylation sites (tertiary alicyclic amines) is 1. The van der Waals surface area contributed by atoms with Crippen LogP contribution in [0.1, 0.15) is 25.1 Å². The third-order valence-electron chi connectivity index (χ3n) is 5.68. The van der Waals surface area contributed by atoms with E-state index in [4.69, 9.17) is 0 Å². The standard InChI is InChI=1S/C17H20N2S/c1-10(2)19-8-12-7-17(12,9-19)16-5-11-4-13-14(18(13)3)6-15(11)20-16/h4-6,10,12H,7-9H2,1-3H3. The lowest BCUT2D eigenvalue weighted by molar-refractivity contribution is 0.243. The van der Waals surface area contributed by atoms with Crippen molar-refractivity contribution in [2.24, 2.45) is 5.92 Å². The molecule has 0 radical (unpaired) electrons.